The fourth-order valence-electron chi connectivity index (χ4n) is 2.48. The van der Waals surface area contributed by atoms with Gasteiger partial charge >= 0.3 is 0 Å². The smallest absolute Gasteiger partial charge is 0.254 e. The van der Waals surface area contributed by atoms with Crippen molar-refractivity contribution in [1.82, 2.24) is 15.3 Å². The van der Waals surface area contributed by atoms with Crippen LogP contribution in [0.1, 0.15) is 21.5 Å². The zero-order valence-electron chi connectivity index (χ0n) is 14.8. The van der Waals surface area contributed by atoms with E-state index in [2.05, 4.69) is 20.6 Å². The van der Waals surface area contributed by atoms with Gasteiger partial charge in [0.15, 0.2) is 0 Å². The number of anilines is 1. The maximum Gasteiger partial charge on any atom is 0.254 e. The second kappa shape index (κ2) is 9.00. The number of benzene rings is 2. The summed E-state index contributed by atoms with van der Waals surface area (Å²) in [5.74, 6) is 0.905. The van der Waals surface area contributed by atoms with Crippen molar-refractivity contribution in [2.75, 3.05) is 12.4 Å². The topological polar surface area (TPSA) is 76.1 Å². The molecule has 0 saturated heterocycles. The molecule has 138 valence electrons. The second-order valence-corrected chi connectivity index (χ2v) is 6.14. The highest BCUT2D eigenvalue weighted by Crippen LogP contribution is 2.17. The molecular weight excluding hydrogens is 364 g/mol. The van der Waals surface area contributed by atoms with Crippen LogP contribution in [0.4, 0.5) is 5.95 Å². The summed E-state index contributed by atoms with van der Waals surface area (Å²) in [6.45, 7) is 0.856. The Kier molecular flexibility index (Phi) is 6.22. The number of amides is 1. The van der Waals surface area contributed by atoms with Gasteiger partial charge in [-0.1, -0.05) is 48.0 Å². The Hall–Kier alpha value is -3.12. The van der Waals surface area contributed by atoms with Gasteiger partial charge in [-0.05, 0) is 17.7 Å². The molecule has 3 rings (SSSR count). The van der Waals surface area contributed by atoms with Crippen LogP contribution in [0.2, 0.25) is 5.02 Å². The Bertz CT molecular complexity index is 916. The molecule has 0 saturated carbocycles. The molecule has 0 aliphatic carbocycles. The lowest BCUT2D eigenvalue weighted by atomic mass is 10.2. The fourth-order valence-corrected chi connectivity index (χ4v) is 2.68. The molecule has 0 atom stereocenters. The van der Waals surface area contributed by atoms with E-state index in [1.807, 2.05) is 48.5 Å². The predicted octanol–water partition coefficient (Wildman–Crippen LogP) is 3.68. The summed E-state index contributed by atoms with van der Waals surface area (Å²) in [5, 5.41) is 6.60. The van der Waals surface area contributed by atoms with Crippen molar-refractivity contribution in [2.24, 2.45) is 0 Å². The quantitative estimate of drug-likeness (QED) is 0.651. The molecule has 6 nitrogen and oxygen atoms in total. The van der Waals surface area contributed by atoms with E-state index in [4.69, 9.17) is 16.3 Å². The largest absolute Gasteiger partial charge is 0.496 e. The van der Waals surface area contributed by atoms with E-state index in [0.717, 1.165) is 16.9 Å². The van der Waals surface area contributed by atoms with Crippen LogP contribution in [0.25, 0.3) is 0 Å². The first-order valence-electron chi connectivity index (χ1n) is 8.37. The molecule has 1 aromatic heterocycles. The lowest BCUT2D eigenvalue weighted by Crippen LogP contribution is -2.23. The lowest BCUT2D eigenvalue weighted by molar-refractivity contribution is 0.0950. The number of hydrogen-bond donors (Lipinski definition) is 2. The number of hydrogen-bond acceptors (Lipinski definition) is 5. The molecule has 0 aliphatic rings. The van der Waals surface area contributed by atoms with Gasteiger partial charge in [0, 0.05) is 36.1 Å². The highest BCUT2D eigenvalue weighted by atomic mass is 35.5. The molecule has 2 N–H and O–H groups in total. The van der Waals surface area contributed by atoms with E-state index in [0.29, 0.717) is 29.6 Å². The van der Waals surface area contributed by atoms with Crippen LogP contribution in [0.15, 0.2) is 60.9 Å². The predicted molar refractivity (Wildman–Crippen MR) is 105 cm³/mol. The zero-order valence-corrected chi connectivity index (χ0v) is 15.5. The average molecular weight is 383 g/mol. The molecule has 0 spiro atoms. The van der Waals surface area contributed by atoms with Crippen molar-refractivity contribution in [3.05, 3.63) is 82.6 Å². The Morgan fingerprint density at radius 2 is 1.67 bits per heavy atom. The van der Waals surface area contributed by atoms with Gasteiger partial charge in [-0.15, -0.1) is 0 Å². The zero-order chi connectivity index (χ0) is 19.1. The van der Waals surface area contributed by atoms with Crippen molar-refractivity contribution < 1.29 is 9.53 Å². The highest BCUT2D eigenvalue weighted by Gasteiger charge is 2.09. The van der Waals surface area contributed by atoms with Crippen LogP contribution in [-0.2, 0) is 13.1 Å². The van der Waals surface area contributed by atoms with E-state index >= 15 is 0 Å². The van der Waals surface area contributed by atoms with Crippen molar-refractivity contribution in [2.45, 2.75) is 13.1 Å². The summed E-state index contributed by atoms with van der Waals surface area (Å²) >= 11 is 6.12. The Labute approximate surface area is 162 Å². The molecule has 0 unspecified atom stereocenters. The lowest BCUT2D eigenvalue weighted by Gasteiger charge is -2.10. The molecule has 3 aromatic rings. The van der Waals surface area contributed by atoms with E-state index < -0.39 is 0 Å². The number of methoxy groups -OCH3 is 1. The maximum atomic E-state index is 12.3. The van der Waals surface area contributed by atoms with Crippen molar-refractivity contribution in [3.8, 4) is 5.75 Å². The first kappa shape index (κ1) is 18.7. The first-order chi connectivity index (χ1) is 13.2. The minimum Gasteiger partial charge on any atom is -0.496 e. The van der Waals surface area contributed by atoms with E-state index in [1.165, 1.54) is 12.4 Å². The Morgan fingerprint density at radius 1 is 1.00 bits per heavy atom. The highest BCUT2D eigenvalue weighted by molar-refractivity contribution is 6.31. The van der Waals surface area contributed by atoms with Gasteiger partial charge in [-0.25, -0.2) is 9.97 Å². The van der Waals surface area contributed by atoms with Crippen LogP contribution < -0.4 is 15.4 Å². The molecule has 27 heavy (non-hydrogen) atoms. The van der Waals surface area contributed by atoms with Crippen LogP contribution in [-0.4, -0.2) is 23.0 Å². The number of ether oxygens (including phenoxy) is 1. The maximum absolute atomic E-state index is 12.3. The molecule has 2 aromatic carbocycles. The number of carbonyl (C=O) groups is 1. The number of aromatic nitrogens is 2. The molecule has 0 bridgehead atoms. The van der Waals surface area contributed by atoms with E-state index in [9.17, 15) is 4.79 Å². The summed E-state index contributed by atoms with van der Waals surface area (Å²) in [4.78, 5) is 20.6. The summed E-state index contributed by atoms with van der Waals surface area (Å²) < 4.78 is 5.28. The van der Waals surface area contributed by atoms with Gasteiger partial charge in [-0.2, -0.15) is 0 Å². The molecule has 0 radical (unpaired) electrons. The van der Waals surface area contributed by atoms with Gasteiger partial charge in [0.05, 0.1) is 12.7 Å². The van der Waals surface area contributed by atoms with Crippen LogP contribution in [0, 0.1) is 0 Å². The standard InChI is InChI=1S/C20H19ClN4O2/c1-27-18-9-5-3-7-15(18)11-22-19(26)16-12-24-20(25-13-16)23-10-14-6-2-4-8-17(14)21/h2-9,12-13H,10-11H2,1H3,(H,22,26)(H,23,24,25). The minimum absolute atomic E-state index is 0.251. The van der Waals surface area contributed by atoms with Gasteiger partial charge in [0.25, 0.3) is 5.91 Å². The number of para-hydroxylation sites is 1. The first-order valence-corrected chi connectivity index (χ1v) is 8.74. The Balaban J connectivity index is 1.56. The Morgan fingerprint density at radius 3 is 2.37 bits per heavy atom. The fraction of sp³-hybridized carbons (Fsp3) is 0.150. The van der Waals surface area contributed by atoms with Gasteiger partial charge < -0.3 is 15.4 Å². The van der Waals surface area contributed by atoms with E-state index in [-0.39, 0.29) is 5.91 Å². The second-order valence-electron chi connectivity index (χ2n) is 5.73. The molecule has 0 fully saturated rings. The number of rotatable bonds is 7. The third-order valence-corrected chi connectivity index (χ3v) is 4.31. The monoisotopic (exact) mass is 382 g/mol. The molecular formula is C20H19ClN4O2. The molecule has 7 heteroatoms. The summed E-state index contributed by atoms with van der Waals surface area (Å²) in [6.07, 6.45) is 2.97. The number of nitrogens with zero attached hydrogens (tertiary/aromatic N) is 2. The van der Waals surface area contributed by atoms with Crippen LogP contribution in [0.3, 0.4) is 0 Å². The number of nitrogens with one attached hydrogen (secondary N) is 2. The normalized spacial score (nSPS) is 10.3. The molecule has 1 amide bonds. The third-order valence-electron chi connectivity index (χ3n) is 3.94. The summed E-state index contributed by atoms with van der Waals surface area (Å²) in [6, 6.07) is 15.1. The summed E-state index contributed by atoms with van der Waals surface area (Å²) in [5.41, 5.74) is 2.22. The number of halogens is 1. The van der Waals surface area contributed by atoms with Crippen LogP contribution >= 0.6 is 11.6 Å². The van der Waals surface area contributed by atoms with Crippen LogP contribution in [0.5, 0.6) is 5.75 Å². The number of carbonyl (C=O) groups excluding carboxylic acids is 1. The molecule has 1 heterocycles. The summed E-state index contributed by atoms with van der Waals surface area (Å²) in [7, 11) is 1.60. The SMILES string of the molecule is COc1ccccc1CNC(=O)c1cnc(NCc2ccccc2Cl)nc1. The minimum atomic E-state index is -0.251. The molecule has 0 aliphatic heterocycles. The van der Waals surface area contributed by atoms with Gasteiger partial charge in [0.1, 0.15) is 5.75 Å². The van der Waals surface area contributed by atoms with Gasteiger partial charge in [0.2, 0.25) is 5.95 Å². The van der Waals surface area contributed by atoms with Crippen molar-refractivity contribution in [1.29, 1.82) is 0 Å². The van der Waals surface area contributed by atoms with E-state index in [1.54, 1.807) is 7.11 Å². The van der Waals surface area contributed by atoms with Gasteiger partial charge in [-0.3, -0.25) is 4.79 Å². The average Bonchev–Trinajstić information content (AvgIpc) is 2.72. The third kappa shape index (κ3) is 4.95. The van der Waals surface area contributed by atoms with Crippen molar-refractivity contribution >= 4 is 23.5 Å². The van der Waals surface area contributed by atoms with Crippen molar-refractivity contribution in [3.63, 3.8) is 0 Å².